The van der Waals surface area contributed by atoms with Crippen molar-refractivity contribution in [3.05, 3.63) is 67.3 Å². The van der Waals surface area contributed by atoms with Gasteiger partial charge in [-0.3, -0.25) is 0 Å². The average Bonchev–Trinajstić information content (AvgIpc) is 3.46. The van der Waals surface area contributed by atoms with E-state index in [9.17, 15) is 4.79 Å². The number of benzene rings is 1. The molecule has 7 heteroatoms. The Kier molecular flexibility index (Phi) is 4.05. The molecule has 1 saturated heterocycles. The topological polar surface area (TPSA) is 76.2 Å². The minimum absolute atomic E-state index is 0.0871. The lowest BCUT2D eigenvalue weighted by molar-refractivity contribution is 0.221. The van der Waals surface area contributed by atoms with Crippen LogP contribution in [0.25, 0.3) is 22.6 Å². The fourth-order valence-corrected chi connectivity index (χ4v) is 3.73. The van der Waals surface area contributed by atoms with Crippen molar-refractivity contribution < 1.29 is 9.21 Å². The average molecular weight is 373 g/mol. The monoisotopic (exact) mass is 373 g/mol. The molecule has 4 aromatic rings. The highest BCUT2D eigenvalue weighted by atomic mass is 16.3. The predicted molar refractivity (Wildman–Crippen MR) is 106 cm³/mol. The molecule has 1 atom stereocenters. The van der Waals surface area contributed by atoms with Crippen molar-refractivity contribution in [3.63, 3.8) is 0 Å². The minimum atomic E-state index is -0.0871. The Morgan fingerprint density at radius 2 is 2.04 bits per heavy atom. The molecular weight excluding hydrogens is 354 g/mol. The molecule has 0 radical (unpaired) electrons. The van der Waals surface area contributed by atoms with Gasteiger partial charge >= 0.3 is 6.03 Å². The highest BCUT2D eigenvalue weighted by Gasteiger charge is 2.31. The number of para-hydroxylation sites is 1. The summed E-state index contributed by atoms with van der Waals surface area (Å²) in [5, 5.41) is 2.96. The van der Waals surface area contributed by atoms with Crippen LogP contribution in [0.4, 0.5) is 10.5 Å². The van der Waals surface area contributed by atoms with Crippen molar-refractivity contribution >= 4 is 22.9 Å². The number of amides is 2. The van der Waals surface area contributed by atoms with Gasteiger partial charge in [-0.15, -0.1) is 0 Å². The number of likely N-dealkylation sites (tertiary alicyclic amines) is 1. The highest BCUT2D eigenvalue weighted by Crippen LogP contribution is 2.32. The van der Waals surface area contributed by atoms with E-state index in [-0.39, 0.29) is 12.1 Å². The molecule has 1 fully saturated rings. The second kappa shape index (κ2) is 6.84. The van der Waals surface area contributed by atoms with Crippen LogP contribution in [-0.2, 0) is 0 Å². The third-order valence-electron chi connectivity index (χ3n) is 5.07. The summed E-state index contributed by atoms with van der Waals surface area (Å²) in [5.74, 6) is 0.817. The van der Waals surface area contributed by atoms with Crippen LogP contribution < -0.4 is 5.32 Å². The van der Waals surface area contributed by atoms with E-state index in [4.69, 9.17) is 9.40 Å². The smallest absolute Gasteiger partial charge is 0.321 e. The number of urea groups is 1. The van der Waals surface area contributed by atoms with Gasteiger partial charge in [0.05, 0.1) is 17.9 Å². The largest absolute Gasteiger partial charge is 0.472 e. The van der Waals surface area contributed by atoms with Crippen molar-refractivity contribution in [2.45, 2.75) is 12.5 Å². The molecule has 2 amide bonds. The second-order valence-electron chi connectivity index (χ2n) is 6.85. The summed E-state index contributed by atoms with van der Waals surface area (Å²) >= 11 is 0. The van der Waals surface area contributed by atoms with Crippen LogP contribution in [0.5, 0.6) is 0 Å². The molecule has 0 bridgehead atoms. The third-order valence-corrected chi connectivity index (χ3v) is 5.07. The van der Waals surface area contributed by atoms with Gasteiger partial charge in [0.2, 0.25) is 0 Å². The molecule has 1 aromatic carbocycles. The first-order chi connectivity index (χ1) is 13.8. The molecule has 140 valence electrons. The van der Waals surface area contributed by atoms with Gasteiger partial charge < -0.3 is 19.2 Å². The molecule has 0 spiro atoms. The second-order valence-corrected chi connectivity index (χ2v) is 6.85. The van der Waals surface area contributed by atoms with Crippen molar-refractivity contribution in [3.8, 4) is 11.4 Å². The van der Waals surface area contributed by atoms with E-state index in [1.54, 1.807) is 18.7 Å². The summed E-state index contributed by atoms with van der Waals surface area (Å²) in [6, 6.07) is 15.3. The van der Waals surface area contributed by atoms with Gasteiger partial charge in [-0.2, -0.15) is 0 Å². The van der Waals surface area contributed by atoms with Crippen LogP contribution >= 0.6 is 0 Å². The normalized spacial score (nSPS) is 16.6. The fourth-order valence-electron chi connectivity index (χ4n) is 3.73. The van der Waals surface area contributed by atoms with Gasteiger partial charge in [0.1, 0.15) is 17.6 Å². The molecule has 28 heavy (non-hydrogen) atoms. The standard InChI is InChI=1S/C21H19N5O2/c27-21(23-16-5-2-1-3-6-16)25-11-8-17(13-25)26-19(15-9-12-28-14-15)24-18-7-4-10-22-20(18)26/h1-7,9-10,12,14,17H,8,11,13H2,(H,23,27)/t17-/m0/s1. The zero-order chi connectivity index (χ0) is 18.9. The van der Waals surface area contributed by atoms with E-state index in [1.807, 2.05) is 53.4 Å². The molecule has 0 saturated carbocycles. The summed E-state index contributed by atoms with van der Waals surface area (Å²) < 4.78 is 7.39. The minimum Gasteiger partial charge on any atom is -0.472 e. The Hall–Kier alpha value is -3.61. The number of furan rings is 1. The molecule has 1 aliphatic rings. The van der Waals surface area contributed by atoms with E-state index in [0.29, 0.717) is 13.1 Å². The highest BCUT2D eigenvalue weighted by molar-refractivity contribution is 5.89. The number of fused-ring (bicyclic) bond motifs is 1. The Morgan fingerprint density at radius 3 is 2.86 bits per heavy atom. The van der Waals surface area contributed by atoms with E-state index in [0.717, 1.165) is 34.7 Å². The summed E-state index contributed by atoms with van der Waals surface area (Å²) in [6.07, 6.45) is 5.94. The van der Waals surface area contributed by atoms with Crippen LogP contribution in [-0.4, -0.2) is 38.6 Å². The van der Waals surface area contributed by atoms with Gasteiger partial charge in [0.15, 0.2) is 5.65 Å². The Bertz CT molecular complexity index is 1100. The molecule has 5 rings (SSSR count). The molecular formula is C21H19N5O2. The summed E-state index contributed by atoms with van der Waals surface area (Å²) in [5.41, 5.74) is 3.37. The van der Waals surface area contributed by atoms with E-state index < -0.39 is 0 Å². The van der Waals surface area contributed by atoms with E-state index >= 15 is 0 Å². The molecule has 3 aromatic heterocycles. The van der Waals surface area contributed by atoms with Crippen LogP contribution in [0.3, 0.4) is 0 Å². The Labute approximate surface area is 161 Å². The first-order valence-electron chi connectivity index (χ1n) is 9.26. The number of aromatic nitrogens is 3. The summed E-state index contributed by atoms with van der Waals surface area (Å²) in [7, 11) is 0. The fraction of sp³-hybridized carbons (Fsp3) is 0.190. The van der Waals surface area contributed by atoms with Crippen molar-refractivity contribution in [2.24, 2.45) is 0 Å². The number of hydrogen-bond donors (Lipinski definition) is 1. The lowest BCUT2D eigenvalue weighted by Crippen LogP contribution is -2.33. The molecule has 4 heterocycles. The Morgan fingerprint density at radius 1 is 1.14 bits per heavy atom. The van der Waals surface area contributed by atoms with Gasteiger partial charge in [0, 0.05) is 25.0 Å². The number of nitrogens with one attached hydrogen (secondary N) is 1. The van der Waals surface area contributed by atoms with Crippen LogP contribution in [0.2, 0.25) is 0 Å². The van der Waals surface area contributed by atoms with Crippen LogP contribution in [0.15, 0.2) is 71.7 Å². The number of carbonyl (C=O) groups is 1. The first kappa shape index (κ1) is 16.6. The van der Waals surface area contributed by atoms with E-state index in [2.05, 4.69) is 14.9 Å². The summed E-state index contributed by atoms with van der Waals surface area (Å²) in [6.45, 7) is 1.28. The van der Waals surface area contributed by atoms with Gasteiger partial charge in [-0.05, 0) is 36.8 Å². The maximum Gasteiger partial charge on any atom is 0.321 e. The molecule has 0 unspecified atom stereocenters. The van der Waals surface area contributed by atoms with Crippen LogP contribution in [0.1, 0.15) is 12.5 Å². The number of anilines is 1. The van der Waals surface area contributed by atoms with Gasteiger partial charge in [0.25, 0.3) is 0 Å². The summed E-state index contributed by atoms with van der Waals surface area (Å²) in [4.78, 5) is 23.8. The maximum atomic E-state index is 12.7. The zero-order valence-electron chi connectivity index (χ0n) is 15.2. The number of rotatable bonds is 3. The number of pyridine rings is 1. The van der Waals surface area contributed by atoms with Crippen molar-refractivity contribution in [1.29, 1.82) is 0 Å². The zero-order valence-corrected chi connectivity index (χ0v) is 15.2. The van der Waals surface area contributed by atoms with Crippen LogP contribution in [0, 0.1) is 0 Å². The van der Waals surface area contributed by atoms with Crippen molar-refractivity contribution in [2.75, 3.05) is 18.4 Å². The number of nitrogens with zero attached hydrogens (tertiary/aromatic N) is 4. The molecule has 7 nitrogen and oxygen atoms in total. The number of hydrogen-bond acceptors (Lipinski definition) is 4. The predicted octanol–water partition coefficient (Wildman–Crippen LogP) is 4.17. The lowest BCUT2D eigenvalue weighted by atomic mass is 10.2. The lowest BCUT2D eigenvalue weighted by Gasteiger charge is -2.19. The third kappa shape index (κ3) is 2.90. The van der Waals surface area contributed by atoms with E-state index in [1.165, 1.54) is 0 Å². The molecule has 1 aliphatic heterocycles. The first-order valence-corrected chi connectivity index (χ1v) is 9.26. The Balaban J connectivity index is 1.44. The molecule has 1 N–H and O–H groups in total. The van der Waals surface area contributed by atoms with Gasteiger partial charge in [-0.1, -0.05) is 18.2 Å². The maximum absolute atomic E-state index is 12.7. The quantitative estimate of drug-likeness (QED) is 0.585. The van der Waals surface area contributed by atoms with Crippen molar-refractivity contribution in [1.82, 2.24) is 19.4 Å². The van der Waals surface area contributed by atoms with Gasteiger partial charge in [-0.25, -0.2) is 14.8 Å². The number of imidazole rings is 1. The SMILES string of the molecule is O=C(Nc1ccccc1)N1CC[C@H](n2c(-c3ccoc3)nc3cccnc32)C1. The number of carbonyl (C=O) groups excluding carboxylic acids is 1. The molecule has 0 aliphatic carbocycles.